The normalized spacial score (nSPS) is 20.6. The van der Waals surface area contributed by atoms with Crippen molar-refractivity contribution in [2.75, 3.05) is 13.3 Å². The van der Waals surface area contributed by atoms with Crippen LogP contribution in [0.15, 0.2) is 0 Å². The number of nitrogens with one attached hydrogen (secondary N) is 1. The van der Waals surface area contributed by atoms with Gasteiger partial charge in [-0.15, -0.1) is 0 Å². The molecule has 0 aromatic heterocycles. The molecule has 1 atom stereocenters. The summed E-state index contributed by atoms with van der Waals surface area (Å²) in [6, 6.07) is -0.242. The fourth-order valence-corrected chi connectivity index (χ4v) is 1.34. The molecule has 1 aliphatic heterocycles. The number of ether oxygens (including phenoxy) is 2. The van der Waals surface area contributed by atoms with Crippen molar-refractivity contribution in [2.45, 2.75) is 39.7 Å². The van der Waals surface area contributed by atoms with Crippen LogP contribution in [0.3, 0.4) is 0 Å². The molecule has 0 unspecified atom stereocenters. The number of hydrogen-bond acceptors (Lipinski definition) is 5. The van der Waals surface area contributed by atoms with E-state index in [4.69, 9.17) is 9.47 Å². The maximum absolute atomic E-state index is 11.4. The summed E-state index contributed by atoms with van der Waals surface area (Å²) in [5.41, 5.74) is -0.571. The zero-order chi connectivity index (χ0) is 12.2. The fraction of sp³-hybridized carbons (Fsp3) is 0.818. The third-order valence-corrected chi connectivity index (χ3v) is 2.35. The highest BCUT2D eigenvalue weighted by Crippen LogP contribution is 2.15. The average Bonchev–Trinajstić information content (AvgIpc) is 2.68. The summed E-state index contributed by atoms with van der Waals surface area (Å²) in [4.78, 5) is 22.7. The summed E-state index contributed by atoms with van der Waals surface area (Å²) in [6.45, 7) is 5.77. The lowest BCUT2D eigenvalue weighted by atomic mass is 9.98. The van der Waals surface area contributed by atoms with E-state index < -0.39 is 5.41 Å². The lowest BCUT2D eigenvalue weighted by Gasteiger charge is -2.17. The van der Waals surface area contributed by atoms with Crippen molar-refractivity contribution in [1.29, 1.82) is 0 Å². The molecule has 0 amide bonds. The monoisotopic (exact) mass is 229 g/mol. The molecule has 5 nitrogen and oxygen atoms in total. The van der Waals surface area contributed by atoms with Crippen molar-refractivity contribution in [3.63, 3.8) is 0 Å². The minimum absolute atomic E-state index is 0.242. The molecule has 0 aromatic rings. The van der Waals surface area contributed by atoms with E-state index in [1.165, 1.54) is 0 Å². The standard InChI is InChI=1S/C11H19NO4/c1-11(2,3)10(14)16-7-15-9(13)8-5-4-6-12-8/h8,12H,4-7H2,1-3H3/t8-/m0/s1. The molecule has 1 fully saturated rings. The topological polar surface area (TPSA) is 64.6 Å². The van der Waals surface area contributed by atoms with Crippen molar-refractivity contribution >= 4 is 11.9 Å². The van der Waals surface area contributed by atoms with Crippen molar-refractivity contribution in [3.05, 3.63) is 0 Å². The van der Waals surface area contributed by atoms with Crippen molar-refractivity contribution < 1.29 is 19.1 Å². The Morgan fingerprint density at radius 1 is 1.31 bits per heavy atom. The summed E-state index contributed by atoms with van der Waals surface area (Å²) in [5, 5.41) is 3.01. The molecule has 0 aliphatic carbocycles. The average molecular weight is 229 g/mol. The highest BCUT2D eigenvalue weighted by Gasteiger charge is 2.26. The number of esters is 2. The van der Waals surface area contributed by atoms with Crippen LogP contribution in [-0.2, 0) is 19.1 Å². The number of rotatable bonds is 3. The second-order valence-electron chi connectivity index (χ2n) is 4.91. The maximum Gasteiger partial charge on any atom is 0.326 e. The Bertz CT molecular complexity index is 264. The molecule has 0 saturated carbocycles. The van der Waals surface area contributed by atoms with Crippen molar-refractivity contribution in [1.82, 2.24) is 5.32 Å². The molecule has 16 heavy (non-hydrogen) atoms. The van der Waals surface area contributed by atoms with Crippen LogP contribution in [0.5, 0.6) is 0 Å². The maximum atomic E-state index is 11.4. The first kappa shape index (κ1) is 13.0. The minimum Gasteiger partial charge on any atom is -0.427 e. The van der Waals surface area contributed by atoms with Gasteiger partial charge in [0.25, 0.3) is 0 Å². The van der Waals surface area contributed by atoms with E-state index in [0.717, 1.165) is 19.4 Å². The third-order valence-electron chi connectivity index (χ3n) is 2.35. The summed E-state index contributed by atoms with van der Waals surface area (Å²) in [7, 11) is 0. The first-order valence-corrected chi connectivity index (χ1v) is 5.48. The van der Waals surface area contributed by atoms with Gasteiger partial charge in [0.1, 0.15) is 6.04 Å². The predicted molar refractivity (Wildman–Crippen MR) is 57.5 cm³/mol. The first-order chi connectivity index (χ1) is 7.41. The van der Waals surface area contributed by atoms with E-state index in [0.29, 0.717) is 0 Å². The Hall–Kier alpha value is -1.10. The van der Waals surface area contributed by atoms with E-state index in [1.54, 1.807) is 20.8 Å². The van der Waals surface area contributed by atoms with Gasteiger partial charge in [0.05, 0.1) is 5.41 Å². The van der Waals surface area contributed by atoms with Gasteiger partial charge in [-0.3, -0.25) is 9.59 Å². The lowest BCUT2D eigenvalue weighted by molar-refractivity contribution is -0.174. The Balaban J connectivity index is 2.20. The molecular formula is C11H19NO4. The van der Waals surface area contributed by atoms with Crippen LogP contribution in [0.25, 0.3) is 0 Å². The zero-order valence-electron chi connectivity index (χ0n) is 10.0. The number of carbonyl (C=O) groups excluding carboxylic acids is 2. The number of carbonyl (C=O) groups is 2. The molecule has 1 heterocycles. The molecular weight excluding hydrogens is 210 g/mol. The third kappa shape index (κ3) is 3.81. The van der Waals surface area contributed by atoms with Gasteiger partial charge in [-0.2, -0.15) is 0 Å². The van der Waals surface area contributed by atoms with Gasteiger partial charge in [-0.1, -0.05) is 0 Å². The fourth-order valence-electron chi connectivity index (χ4n) is 1.34. The van der Waals surface area contributed by atoms with Crippen LogP contribution in [0.4, 0.5) is 0 Å². The largest absolute Gasteiger partial charge is 0.427 e. The van der Waals surface area contributed by atoms with Gasteiger partial charge in [0.15, 0.2) is 0 Å². The SMILES string of the molecule is CC(C)(C)C(=O)OCOC(=O)[C@@H]1CCCN1. The Labute approximate surface area is 95.5 Å². The van der Waals surface area contributed by atoms with Gasteiger partial charge in [0.2, 0.25) is 6.79 Å². The molecule has 1 aliphatic rings. The van der Waals surface area contributed by atoms with E-state index in [1.807, 2.05) is 0 Å². The van der Waals surface area contributed by atoms with Crippen molar-refractivity contribution in [3.8, 4) is 0 Å². The zero-order valence-corrected chi connectivity index (χ0v) is 10.0. The van der Waals surface area contributed by atoms with Crippen LogP contribution in [0, 0.1) is 5.41 Å². The van der Waals surface area contributed by atoms with E-state index >= 15 is 0 Å². The van der Waals surface area contributed by atoms with Gasteiger partial charge in [0, 0.05) is 0 Å². The van der Waals surface area contributed by atoms with Gasteiger partial charge < -0.3 is 14.8 Å². The van der Waals surface area contributed by atoms with E-state index in [9.17, 15) is 9.59 Å². The second-order valence-corrected chi connectivity index (χ2v) is 4.91. The smallest absolute Gasteiger partial charge is 0.326 e. The molecule has 0 spiro atoms. The Morgan fingerprint density at radius 3 is 2.50 bits per heavy atom. The van der Waals surface area contributed by atoms with Crippen LogP contribution < -0.4 is 5.32 Å². The molecule has 92 valence electrons. The predicted octanol–water partition coefficient (Wildman–Crippen LogP) is 0.828. The van der Waals surface area contributed by atoms with Gasteiger partial charge >= 0.3 is 11.9 Å². The first-order valence-electron chi connectivity index (χ1n) is 5.48. The molecule has 1 N–H and O–H groups in total. The van der Waals surface area contributed by atoms with Gasteiger partial charge in [-0.25, -0.2) is 0 Å². The number of hydrogen-bond donors (Lipinski definition) is 1. The van der Waals surface area contributed by atoms with Crippen LogP contribution >= 0.6 is 0 Å². The van der Waals surface area contributed by atoms with E-state index in [-0.39, 0.29) is 24.8 Å². The van der Waals surface area contributed by atoms with Crippen LogP contribution in [0.2, 0.25) is 0 Å². The van der Waals surface area contributed by atoms with Crippen LogP contribution in [-0.4, -0.2) is 31.3 Å². The molecule has 5 heteroatoms. The molecule has 1 rings (SSSR count). The summed E-state index contributed by atoms with van der Waals surface area (Å²) in [5.74, 6) is -0.723. The van der Waals surface area contributed by atoms with Gasteiger partial charge in [-0.05, 0) is 40.2 Å². The summed E-state index contributed by atoms with van der Waals surface area (Å²) < 4.78 is 9.67. The molecule has 0 radical (unpaired) electrons. The Morgan fingerprint density at radius 2 is 2.00 bits per heavy atom. The lowest BCUT2D eigenvalue weighted by Crippen LogP contribution is -2.33. The van der Waals surface area contributed by atoms with Crippen LogP contribution in [0.1, 0.15) is 33.6 Å². The highest BCUT2D eigenvalue weighted by molar-refractivity contribution is 5.77. The minimum atomic E-state index is -0.571. The molecule has 1 saturated heterocycles. The van der Waals surface area contributed by atoms with Crippen molar-refractivity contribution in [2.24, 2.45) is 5.41 Å². The molecule has 0 aromatic carbocycles. The summed E-state index contributed by atoms with van der Waals surface area (Å²) >= 11 is 0. The Kier molecular flexibility index (Phi) is 4.29. The summed E-state index contributed by atoms with van der Waals surface area (Å²) in [6.07, 6.45) is 1.76. The molecule has 0 bridgehead atoms. The van der Waals surface area contributed by atoms with E-state index in [2.05, 4.69) is 5.32 Å². The quantitative estimate of drug-likeness (QED) is 0.573. The highest BCUT2D eigenvalue weighted by atomic mass is 16.7. The second kappa shape index (κ2) is 5.30.